The molecule has 0 radical (unpaired) electrons. The number of hydrogen-bond acceptors (Lipinski definition) is 6. The number of esters is 1. The number of aliphatic hydroxyl groups excluding tert-OH is 1. The number of rotatable bonds is 13. The summed E-state index contributed by atoms with van der Waals surface area (Å²) in [5.74, 6) is -1.90. The molecule has 2 bridgehead atoms. The average molecular weight is 620 g/mol. The van der Waals surface area contributed by atoms with Crippen molar-refractivity contribution in [2.75, 3.05) is 31.2 Å². The van der Waals surface area contributed by atoms with Gasteiger partial charge in [0.05, 0.1) is 16.6 Å². The van der Waals surface area contributed by atoms with Crippen molar-refractivity contribution in [1.29, 1.82) is 0 Å². The van der Waals surface area contributed by atoms with Crippen LogP contribution in [0.1, 0.15) is 43.2 Å². The van der Waals surface area contributed by atoms with Crippen LogP contribution in [0.2, 0.25) is 0 Å². The van der Waals surface area contributed by atoms with E-state index >= 15 is 0 Å². The third-order valence-corrected chi connectivity index (χ3v) is 11.5. The number of thioether (sulfide) groups is 1. The quantitative estimate of drug-likeness (QED) is 0.151. The smallest absolute Gasteiger partial charge is 0.311 e. The van der Waals surface area contributed by atoms with Gasteiger partial charge >= 0.3 is 5.97 Å². The Hall–Kier alpha value is -2.10. The van der Waals surface area contributed by atoms with Crippen LogP contribution in [0, 0.1) is 25.7 Å². The van der Waals surface area contributed by atoms with Gasteiger partial charge in [0.2, 0.25) is 5.91 Å². The number of hydrogen-bond donors (Lipinski definition) is 1. The number of likely N-dealkylation sites (tertiary alicyclic amines) is 1. The molecule has 1 N–H and O–H groups in total. The standard InChI is InChI=1S/C30H39BrN2O5S/c1-5-14-32(24-19(3)12-11-13-20(24)4)28(36)26-30-18-21(31)25(39-30)22(29(37)38-17-6-2)23(30)27(35)33(26)15-9-7-8-10-16-34/h5-6,11-13,21-23,25-26,34H,1-2,7-10,14-18H2,3-4H3/t21?,22-,23-,25-,26?,30?/m0/s1. The number of amides is 2. The third kappa shape index (κ3) is 5.34. The summed E-state index contributed by atoms with van der Waals surface area (Å²) in [5.41, 5.74) is 2.80. The number of carbonyl (C=O) groups excluding carboxylic acids is 3. The fourth-order valence-electron chi connectivity index (χ4n) is 6.70. The lowest BCUT2D eigenvalue weighted by atomic mass is 9.71. The first-order valence-corrected chi connectivity index (χ1v) is 15.5. The predicted octanol–water partition coefficient (Wildman–Crippen LogP) is 4.57. The number of benzene rings is 1. The molecule has 0 aliphatic carbocycles. The number of halogens is 1. The lowest BCUT2D eigenvalue weighted by Crippen LogP contribution is -2.56. The number of carbonyl (C=O) groups is 3. The van der Waals surface area contributed by atoms with Crippen LogP contribution < -0.4 is 4.90 Å². The van der Waals surface area contributed by atoms with E-state index in [9.17, 15) is 14.4 Å². The van der Waals surface area contributed by atoms with E-state index in [-0.39, 0.29) is 35.1 Å². The molecule has 4 rings (SSSR count). The Labute approximate surface area is 244 Å². The van der Waals surface area contributed by atoms with Gasteiger partial charge in [0.1, 0.15) is 12.6 Å². The minimum atomic E-state index is -0.730. The normalized spacial score (nSPS) is 28.9. The molecule has 9 heteroatoms. The van der Waals surface area contributed by atoms with Crippen LogP contribution in [0.4, 0.5) is 5.69 Å². The zero-order valence-corrected chi connectivity index (χ0v) is 25.2. The summed E-state index contributed by atoms with van der Waals surface area (Å²) >= 11 is 5.41. The molecular formula is C30H39BrN2O5S. The number of alkyl halides is 1. The Morgan fingerprint density at radius 2 is 1.90 bits per heavy atom. The van der Waals surface area contributed by atoms with Crippen LogP contribution in [0.15, 0.2) is 43.5 Å². The molecular weight excluding hydrogens is 580 g/mol. The topological polar surface area (TPSA) is 87.1 Å². The second-order valence-electron chi connectivity index (χ2n) is 10.7. The third-order valence-electron chi connectivity index (χ3n) is 8.23. The molecule has 39 heavy (non-hydrogen) atoms. The maximum absolute atomic E-state index is 14.7. The molecule has 0 saturated carbocycles. The van der Waals surface area contributed by atoms with Crippen LogP contribution in [0.25, 0.3) is 0 Å². The maximum Gasteiger partial charge on any atom is 0.311 e. The minimum absolute atomic E-state index is 0.0133. The summed E-state index contributed by atoms with van der Waals surface area (Å²) in [5, 5.41) is 9.02. The van der Waals surface area contributed by atoms with E-state index in [0.717, 1.165) is 36.1 Å². The van der Waals surface area contributed by atoms with Crippen molar-refractivity contribution in [3.63, 3.8) is 0 Å². The lowest BCUT2D eigenvalue weighted by molar-refractivity contribution is -0.153. The number of aliphatic hydroxyl groups is 1. The molecule has 6 atom stereocenters. The number of unbranched alkanes of at least 4 members (excludes halogenated alkanes) is 3. The van der Waals surface area contributed by atoms with Gasteiger partial charge in [-0.05, 0) is 44.2 Å². The van der Waals surface area contributed by atoms with Gasteiger partial charge < -0.3 is 19.6 Å². The first-order chi connectivity index (χ1) is 18.7. The molecule has 3 aliphatic heterocycles. The molecule has 3 saturated heterocycles. The summed E-state index contributed by atoms with van der Waals surface area (Å²) in [6.45, 7) is 12.5. The van der Waals surface area contributed by atoms with Gasteiger partial charge in [0.25, 0.3) is 5.91 Å². The summed E-state index contributed by atoms with van der Waals surface area (Å²) < 4.78 is 4.75. The molecule has 3 aliphatic rings. The second-order valence-corrected chi connectivity index (χ2v) is 13.4. The van der Waals surface area contributed by atoms with Crippen molar-refractivity contribution in [3.05, 3.63) is 54.6 Å². The molecule has 212 valence electrons. The van der Waals surface area contributed by atoms with Crippen molar-refractivity contribution in [2.45, 2.75) is 66.8 Å². The minimum Gasteiger partial charge on any atom is -0.461 e. The highest BCUT2D eigenvalue weighted by atomic mass is 79.9. The van der Waals surface area contributed by atoms with E-state index in [1.807, 2.05) is 32.0 Å². The number of nitrogens with zero attached hydrogens (tertiary/aromatic N) is 2. The molecule has 7 nitrogen and oxygen atoms in total. The Balaban J connectivity index is 1.76. The number of para-hydroxylation sites is 1. The van der Waals surface area contributed by atoms with Crippen molar-refractivity contribution < 1.29 is 24.2 Å². The first kappa shape index (κ1) is 29.9. The Morgan fingerprint density at radius 3 is 2.54 bits per heavy atom. The fourth-order valence-corrected chi connectivity index (χ4v) is 10.3. The van der Waals surface area contributed by atoms with E-state index in [1.165, 1.54) is 6.08 Å². The van der Waals surface area contributed by atoms with E-state index in [0.29, 0.717) is 25.9 Å². The largest absolute Gasteiger partial charge is 0.461 e. The fraction of sp³-hybridized carbons (Fsp3) is 0.567. The Morgan fingerprint density at radius 1 is 1.21 bits per heavy atom. The van der Waals surface area contributed by atoms with Crippen molar-refractivity contribution in [3.8, 4) is 0 Å². The molecule has 1 spiro atoms. The summed E-state index contributed by atoms with van der Waals surface area (Å²) in [6.07, 6.45) is 7.00. The first-order valence-electron chi connectivity index (χ1n) is 13.7. The Kier molecular flexibility index (Phi) is 9.65. The zero-order valence-electron chi connectivity index (χ0n) is 22.8. The van der Waals surface area contributed by atoms with Gasteiger partial charge in [-0.15, -0.1) is 18.3 Å². The van der Waals surface area contributed by atoms with Crippen LogP contribution in [-0.4, -0.2) is 75.0 Å². The number of aryl methyl sites for hydroxylation is 2. The predicted molar refractivity (Wildman–Crippen MR) is 159 cm³/mol. The van der Waals surface area contributed by atoms with E-state index in [4.69, 9.17) is 9.84 Å². The summed E-state index contributed by atoms with van der Waals surface area (Å²) in [4.78, 5) is 45.7. The maximum atomic E-state index is 14.7. The Bertz CT molecular complexity index is 1110. The average Bonchev–Trinajstić information content (AvgIpc) is 3.49. The van der Waals surface area contributed by atoms with E-state index in [2.05, 4.69) is 29.1 Å². The van der Waals surface area contributed by atoms with E-state index in [1.54, 1.807) is 27.6 Å². The molecule has 1 aromatic carbocycles. The highest BCUT2D eigenvalue weighted by molar-refractivity contribution is 9.09. The van der Waals surface area contributed by atoms with Crippen LogP contribution in [0.3, 0.4) is 0 Å². The van der Waals surface area contributed by atoms with Crippen molar-refractivity contribution in [1.82, 2.24) is 4.90 Å². The molecule has 1 aromatic rings. The number of fused-ring (bicyclic) bond motifs is 1. The second kappa shape index (κ2) is 12.6. The number of anilines is 1. The van der Waals surface area contributed by atoms with Crippen LogP contribution in [0.5, 0.6) is 0 Å². The molecule has 0 aromatic heterocycles. The summed E-state index contributed by atoms with van der Waals surface area (Å²) in [7, 11) is 0. The van der Waals surface area contributed by atoms with Gasteiger partial charge in [-0.2, -0.15) is 0 Å². The zero-order chi connectivity index (χ0) is 28.3. The number of ether oxygens (including phenoxy) is 1. The van der Waals surface area contributed by atoms with Crippen molar-refractivity contribution in [2.24, 2.45) is 11.8 Å². The molecule has 3 unspecified atom stereocenters. The lowest BCUT2D eigenvalue weighted by Gasteiger charge is -2.38. The monoisotopic (exact) mass is 618 g/mol. The van der Waals surface area contributed by atoms with Crippen LogP contribution >= 0.6 is 27.7 Å². The van der Waals surface area contributed by atoms with E-state index < -0.39 is 28.6 Å². The van der Waals surface area contributed by atoms with Gasteiger partial charge in [-0.3, -0.25) is 14.4 Å². The van der Waals surface area contributed by atoms with Gasteiger partial charge in [-0.1, -0.05) is 65.7 Å². The highest BCUT2D eigenvalue weighted by Gasteiger charge is 2.76. The van der Waals surface area contributed by atoms with Gasteiger partial charge in [-0.25, -0.2) is 0 Å². The SMILES string of the molecule is C=CCOC(=O)[C@H]1[C@H]2C(=O)N(CCCCCCO)C(C(=O)N(CC=C)c3c(C)cccc3C)C23CC(Br)[C@@H]1S3. The van der Waals surface area contributed by atoms with Crippen molar-refractivity contribution >= 4 is 51.2 Å². The molecule has 3 fully saturated rings. The molecule has 3 heterocycles. The molecule has 2 amide bonds. The van der Waals surface area contributed by atoms with Gasteiger partial charge in [0.15, 0.2) is 0 Å². The summed E-state index contributed by atoms with van der Waals surface area (Å²) in [6, 6.07) is 5.24. The van der Waals surface area contributed by atoms with Gasteiger partial charge in [0, 0.05) is 35.5 Å². The highest BCUT2D eigenvalue weighted by Crippen LogP contribution is 2.68. The van der Waals surface area contributed by atoms with Crippen LogP contribution in [-0.2, 0) is 19.1 Å².